The van der Waals surface area contributed by atoms with E-state index in [1.54, 1.807) is 0 Å². The lowest BCUT2D eigenvalue weighted by atomic mass is 9.94. The number of thioether (sulfide) groups is 1. The molecule has 4 heteroatoms. The van der Waals surface area contributed by atoms with Crippen molar-refractivity contribution in [3.63, 3.8) is 0 Å². The van der Waals surface area contributed by atoms with Crippen LogP contribution in [0.1, 0.15) is 52.9 Å². The molecule has 106 valence electrons. The Balaban J connectivity index is 2.42. The summed E-state index contributed by atoms with van der Waals surface area (Å²) < 4.78 is 0. The molecule has 3 nitrogen and oxygen atoms in total. The second-order valence-electron chi connectivity index (χ2n) is 5.37. The smallest absolute Gasteiger partial charge is 0.237 e. The summed E-state index contributed by atoms with van der Waals surface area (Å²) in [4.78, 5) is 12.0. The quantitative estimate of drug-likeness (QED) is 0.781. The highest BCUT2D eigenvalue weighted by Crippen LogP contribution is 2.27. The van der Waals surface area contributed by atoms with Gasteiger partial charge in [0.15, 0.2) is 0 Å². The Morgan fingerprint density at radius 3 is 2.61 bits per heavy atom. The zero-order valence-corrected chi connectivity index (χ0v) is 13.0. The van der Waals surface area contributed by atoms with E-state index in [-0.39, 0.29) is 18.0 Å². The van der Waals surface area contributed by atoms with Crippen LogP contribution in [-0.2, 0) is 4.79 Å². The highest BCUT2D eigenvalue weighted by Gasteiger charge is 2.27. The predicted octanol–water partition coefficient (Wildman–Crippen LogP) is 2.55. The second-order valence-corrected chi connectivity index (χ2v) is 6.45. The Kier molecular flexibility index (Phi) is 7.08. The molecule has 18 heavy (non-hydrogen) atoms. The maximum absolute atomic E-state index is 12.0. The molecule has 0 saturated heterocycles. The second kappa shape index (κ2) is 8.05. The standard InChI is InChI=1S/C14H28N2OS/c1-5-10(2)15-14(17)11(3)16-12-8-6-7-9-13(12)18-4/h10-13,16H,5-9H2,1-4H3,(H,15,17). The first-order valence-corrected chi connectivity index (χ1v) is 8.46. The van der Waals surface area contributed by atoms with E-state index in [0.717, 1.165) is 6.42 Å². The van der Waals surface area contributed by atoms with E-state index in [4.69, 9.17) is 0 Å². The lowest BCUT2D eigenvalue weighted by Gasteiger charge is -2.33. The maximum atomic E-state index is 12.0. The van der Waals surface area contributed by atoms with Gasteiger partial charge in [0.05, 0.1) is 6.04 Å². The van der Waals surface area contributed by atoms with Crippen LogP contribution in [0.3, 0.4) is 0 Å². The van der Waals surface area contributed by atoms with Crippen LogP contribution in [0.25, 0.3) is 0 Å². The molecule has 0 radical (unpaired) electrons. The Morgan fingerprint density at radius 1 is 1.33 bits per heavy atom. The summed E-state index contributed by atoms with van der Waals surface area (Å²) in [5.41, 5.74) is 0. The first-order valence-electron chi connectivity index (χ1n) is 7.17. The summed E-state index contributed by atoms with van der Waals surface area (Å²) in [5, 5.41) is 7.22. The molecule has 0 bridgehead atoms. The molecule has 0 aromatic carbocycles. The van der Waals surface area contributed by atoms with Crippen molar-refractivity contribution < 1.29 is 4.79 Å². The average molecular weight is 272 g/mol. The molecule has 0 heterocycles. The molecule has 1 saturated carbocycles. The minimum Gasteiger partial charge on any atom is -0.352 e. The summed E-state index contributed by atoms with van der Waals surface area (Å²) in [6.45, 7) is 6.12. The zero-order chi connectivity index (χ0) is 13.5. The Hall–Kier alpha value is -0.220. The van der Waals surface area contributed by atoms with E-state index in [2.05, 4.69) is 30.7 Å². The van der Waals surface area contributed by atoms with Gasteiger partial charge in [0.1, 0.15) is 0 Å². The van der Waals surface area contributed by atoms with Gasteiger partial charge in [-0.1, -0.05) is 19.8 Å². The molecule has 2 N–H and O–H groups in total. The van der Waals surface area contributed by atoms with Gasteiger partial charge in [-0.3, -0.25) is 4.79 Å². The highest BCUT2D eigenvalue weighted by molar-refractivity contribution is 7.99. The lowest BCUT2D eigenvalue weighted by Crippen LogP contribution is -2.52. The molecular weight excluding hydrogens is 244 g/mol. The van der Waals surface area contributed by atoms with E-state index in [0.29, 0.717) is 11.3 Å². The molecule has 0 aromatic heterocycles. The molecule has 0 aliphatic heterocycles. The third-order valence-corrected chi connectivity index (χ3v) is 5.03. The van der Waals surface area contributed by atoms with E-state index in [1.807, 2.05) is 18.7 Å². The largest absolute Gasteiger partial charge is 0.352 e. The molecule has 0 spiro atoms. The van der Waals surface area contributed by atoms with Crippen LogP contribution < -0.4 is 10.6 Å². The predicted molar refractivity (Wildman–Crippen MR) is 80.1 cm³/mol. The summed E-state index contributed by atoms with van der Waals surface area (Å²) >= 11 is 1.93. The Morgan fingerprint density at radius 2 is 2.00 bits per heavy atom. The van der Waals surface area contributed by atoms with Gasteiger partial charge < -0.3 is 10.6 Å². The van der Waals surface area contributed by atoms with Gasteiger partial charge in [0, 0.05) is 17.3 Å². The first-order chi connectivity index (χ1) is 8.58. The minimum absolute atomic E-state index is 0.0863. The third kappa shape index (κ3) is 4.81. The molecular formula is C14H28N2OS. The number of amides is 1. The first kappa shape index (κ1) is 15.8. The summed E-state index contributed by atoms with van der Waals surface area (Å²) in [6, 6.07) is 0.674. The Bertz CT molecular complexity index is 260. The van der Waals surface area contributed by atoms with Crippen LogP contribution in [0, 0.1) is 0 Å². The molecule has 4 atom stereocenters. The summed E-state index contributed by atoms with van der Waals surface area (Å²) in [5.74, 6) is 0.134. The SMILES string of the molecule is CCC(C)NC(=O)C(C)NC1CCCCC1SC. The van der Waals surface area contributed by atoms with Crippen molar-refractivity contribution in [3.05, 3.63) is 0 Å². The molecule has 0 aromatic rings. The van der Waals surface area contributed by atoms with Gasteiger partial charge in [-0.05, 0) is 39.4 Å². The number of carbonyl (C=O) groups is 1. The van der Waals surface area contributed by atoms with Crippen molar-refractivity contribution >= 4 is 17.7 Å². The molecule has 4 unspecified atom stereocenters. The van der Waals surface area contributed by atoms with Crippen molar-refractivity contribution in [3.8, 4) is 0 Å². The van der Waals surface area contributed by atoms with Gasteiger partial charge in [0.2, 0.25) is 5.91 Å². The number of nitrogens with one attached hydrogen (secondary N) is 2. The van der Waals surface area contributed by atoms with E-state index in [1.165, 1.54) is 25.7 Å². The van der Waals surface area contributed by atoms with Gasteiger partial charge >= 0.3 is 0 Å². The zero-order valence-electron chi connectivity index (χ0n) is 12.2. The molecule has 1 aliphatic rings. The number of carbonyl (C=O) groups excluding carboxylic acids is 1. The number of rotatable bonds is 6. The lowest BCUT2D eigenvalue weighted by molar-refractivity contribution is -0.123. The fourth-order valence-electron chi connectivity index (χ4n) is 2.44. The fraction of sp³-hybridized carbons (Fsp3) is 0.929. The van der Waals surface area contributed by atoms with Crippen LogP contribution in [-0.4, -0.2) is 35.5 Å². The average Bonchev–Trinajstić information content (AvgIpc) is 2.39. The van der Waals surface area contributed by atoms with Crippen LogP contribution in [0.5, 0.6) is 0 Å². The monoisotopic (exact) mass is 272 g/mol. The van der Waals surface area contributed by atoms with Gasteiger partial charge in [-0.25, -0.2) is 0 Å². The van der Waals surface area contributed by atoms with Crippen LogP contribution in [0.2, 0.25) is 0 Å². The van der Waals surface area contributed by atoms with Crippen LogP contribution >= 0.6 is 11.8 Å². The van der Waals surface area contributed by atoms with E-state index in [9.17, 15) is 4.79 Å². The normalized spacial score (nSPS) is 27.6. The van der Waals surface area contributed by atoms with Gasteiger partial charge in [-0.2, -0.15) is 11.8 Å². The summed E-state index contributed by atoms with van der Waals surface area (Å²) in [7, 11) is 0. The maximum Gasteiger partial charge on any atom is 0.237 e. The molecule has 1 fully saturated rings. The Labute approximate surface area is 116 Å². The van der Waals surface area contributed by atoms with Gasteiger partial charge in [0.25, 0.3) is 0 Å². The fourth-order valence-corrected chi connectivity index (χ4v) is 3.38. The third-order valence-electron chi connectivity index (χ3n) is 3.86. The highest BCUT2D eigenvalue weighted by atomic mass is 32.2. The molecule has 1 amide bonds. The van der Waals surface area contributed by atoms with E-state index >= 15 is 0 Å². The number of hydrogen-bond acceptors (Lipinski definition) is 3. The van der Waals surface area contributed by atoms with Crippen molar-refractivity contribution in [1.82, 2.24) is 10.6 Å². The number of hydrogen-bond donors (Lipinski definition) is 2. The molecule has 1 aliphatic carbocycles. The topological polar surface area (TPSA) is 41.1 Å². The van der Waals surface area contributed by atoms with Crippen LogP contribution in [0.4, 0.5) is 0 Å². The summed E-state index contributed by atoms with van der Waals surface area (Å²) in [6.07, 6.45) is 8.25. The van der Waals surface area contributed by atoms with Crippen molar-refractivity contribution in [2.24, 2.45) is 0 Å². The van der Waals surface area contributed by atoms with Crippen LogP contribution in [0.15, 0.2) is 0 Å². The van der Waals surface area contributed by atoms with Crippen molar-refractivity contribution in [1.29, 1.82) is 0 Å². The minimum atomic E-state index is -0.0863. The van der Waals surface area contributed by atoms with Gasteiger partial charge in [-0.15, -0.1) is 0 Å². The van der Waals surface area contributed by atoms with Crippen molar-refractivity contribution in [2.45, 2.75) is 76.3 Å². The van der Waals surface area contributed by atoms with E-state index < -0.39 is 0 Å². The molecule has 1 rings (SSSR count). The van der Waals surface area contributed by atoms with Crippen molar-refractivity contribution in [2.75, 3.05) is 6.26 Å².